The number of hydrazine groups is 1. The second kappa shape index (κ2) is 10.1. The normalized spacial score (nSPS) is 15.2. The van der Waals surface area contributed by atoms with E-state index in [0.717, 1.165) is 18.4 Å². The van der Waals surface area contributed by atoms with Crippen molar-refractivity contribution in [1.82, 2.24) is 15.3 Å². The number of urea groups is 1. The molecule has 0 radical (unpaired) electrons. The van der Waals surface area contributed by atoms with Crippen LogP contribution >= 0.6 is 0 Å². The minimum Gasteiger partial charge on any atom is -0.392 e. The predicted molar refractivity (Wildman–Crippen MR) is 122 cm³/mol. The molecule has 33 heavy (non-hydrogen) atoms. The maximum atomic E-state index is 14.0. The number of carbonyl (C=O) groups excluding carboxylic acids is 2. The second-order valence-corrected chi connectivity index (χ2v) is 7.64. The highest BCUT2D eigenvalue weighted by Gasteiger charge is 2.30. The van der Waals surface area contributed by atoms with Crippen molar-refractivity contribution in [1.29, 1.82) is 0 Å². The molecule has 1 aliphatic rings. The van der Waals surface area contributed by atoms with Crippen LogP contribution in [0, 0.1) is 5.82 Å². The fourth-order valence-corrected chi connectivity index (χ4v) is 3.86. The number of halogens is 1. The highest BCUT2D eigenvalue weighted by atomic mass is 19.1. The zero-order valence-corrected chi connectivity index (χ0v) is 17.8. The number of anilines is 2. The van der Waals surface area contributed by atoms with Crippen LogP contribution in [0.15, 0.2) is 66.9 Å². The summed E-state index contributed by atoms with van der Waals surface area (Å²) in [4.78, 5) is 30.8. The molecule has 0 spiro atoms. The van der Waals surface area contributed by atoms with Gasteiger partial charge in [0, 0.05) is 29.6 Å². The zero-order chi connectivity index (χ0) is 23.2. The summed E-state index contributed by atoms with van der Waals surface area (Å²) in [7, 11) is 0. The number of rotatable bonds is 6. The summed E-state index contributed by atoms with van der Waals surface area (Å²) in [6.07, 6.45) is 3.20. The Morgan fingerprint density at radius 1 is 1.09 bits per heavy atom. The molecule has 1 unspecified atom stereocenters. The monoisotopic (exact) mass is 449 g/mol. The topological polar surface area (TPSA) is 107 Å². The lowest BCUT2D eigenvalue weighted by molar-refractivity contribution is 0.0735. The van der Waals surface area contributed by atoms with Gasteiger partial charge in [-0.25, -0.2) is 19.6 Å². The minimum absolute atomic E-state index is 0.0515. The Balaban J connectivity index is 1.35. The third kappa shape index (κ3) is 5.09. The van der Waals surface area contributed by atoms with Crippen molar-refractivity contribution >= 4 is 23.4 Å². The molecule has 9 heteroatoms. The Kier molecular flexibility index (Phi) is 6.80. The number of aliphatic hydroxyl groups is 1. The summed E-state index contributed by atoms with van der Waals surface area (Å²) in [5, 5.41) is 11.7. The standard InChI is InChI=1S/C24H24FN5O3/c25-21-18(15-31)12-13-26-22(21)28-29-24(33)27-19-10-8-17(9-11-19)23(32)30-14-4-7-20(30)16-5-2-1-3-6-16/h1-3,5-6,8-13,20,31H,4,7,14-15H2,(H,26,28)(H2,27,29,33). The highest BCUT2D eigenvalue weighted by molar-refractivity contribution is 5.96. The van der Waals surface area contributed by atoms with E-state index in [-0.39, 0.29) is 23.3 Å². The van der Waals surface area contributed by atoms with Gasteiger partial charge in [-0.1, -0.05) is 30.3 Å². The first-order valence-corrected chi connectivity index (χ1v) is 10.6. The van der Waals surface area contributed by atoms with E-state index < -0.39 is 18.5 Å². The molecular formula is C24H24FN5O3. The van der Waals surface area contributed by atoms with Crippen molar-refractivity contribution in [2.24, 2.45) is 0 Å². The number of hydrogen-bond acceptors (Lipinski definition) is 5. The first kappa shape index (κ1) is 22.2. The van der Waals surface area contributed by atoms with E-state index in [9.17, 15) is 14.0 Å². The molecule has 4 rings (SSSR count). The molecule has 0 bridgehead atoms. The largest absolute Gasteiger partial charge is 0.392 e. The number of nitrogens with one attached hydrogen (secondary N) is 3. The summed E-state index contributed by atoms with van der Waals surface area (Å²) in [6, 6.07) is 17.3. The van der Waals surface area contributed by atoms with Crippen molar-refractivity contribution < 1.29 is 19.1 Å². The molecule has 170 valence electrons. The molecule has 1 fully saturated rings. The third-order valence-electron chi connectivity index (χ3n) is 5.52. The van der Waals surface area contributed by atoms with Crippen molar-refractivity contribution in [3.05, 3.63) is 89.4 Å². The summed E-state index contributed by atoms with van der Waals surface area (Å²) >= 11 is 0. The minimum atomic E-state index is -0.751. The van der Waals surface area contributed by atoms with Crippen LogP contribution in [0.2, 0.25) is 0 Å². The average Bonchev–Trinajstić information content (AvgIpc) is 3.34. The molecule has 1 atom stereocenters. The fourth-order valence-electron chi connectivity index (χ4n) is 3.86. The first-order valence-electron chi connectivity index (χ1n) is 10.6. The Morgan fingerprint density at radius 2 is 1.85 bits per heavy atom. The molecule has 3 amide bonds. The van der Waals surface area contributed by atoms with Crippen molar-refractivity contribution in [2.75, 3.05) is 17.3 Å². The molecule has 1 aromatic heterocycles. The van der Waals surface area contributed by atoms with Gasteiger partial charge >= 0.3 is 6.03 Å². The molecule has 0 aliphatic carbocycles. The average molecular weight is 449 g/mol. The van der Waals surface area contributed by atoms with Gasteiger partial charge in [0.1, 0.15) is 0 Å². The Labute approximate surface area is 190 Å². The summed E-state index contributed by atoms with van der Waals surface area (Å²) < 4.78 is 14.0. The predicted octanol–water partition coefficient (Wildman–Crippen LogP) is 3.84. The van der Waals surface area contributed by atoms with Gasteiger partial charge in [0.05, 0.1) is 12.6 Å². The van der Waals surface area contributed by atoms with Gasteiger partial charge in [-0.2, -0.15) is 0 Å². The second-order valence-electron chi connectivity index (χ2n) is 7.64. The number of benzene rings is 2. The van der Waals surface area contributed by atoms with E-state index in [1.54, 1.807) is 24.3 Å². The van der Waals surface area contributed by atoms with Crippen LogP contribution in [0.4, 0.5) is 20.7 Å². The third-order valence-corrected chi connectivity index (χ3v) is 5.52. The number of nitrogens with zero attached hydrogens (tertiary/aromatic N) is 2. The lowest BCUT2D eigenvalue weighted by Crippen LogP contribution is -2.34. The van der Waals surface area contributed by atoms with Crippen LogP contribution in [-0.4, -0.2) is 33.5 Å². The highest BCUT2D eigenvalue weighted by Crippen LogP contribution is 2.33. The molecule has 3 aromatic rings. The van der Waals surface area contributed by atoms with Crippen LogP contribution in [-0.2, 0) is 6.61 Å². The van der Waals surface area contributed by atoms with Gasteiger partial charge in [-0.15, -0.1) is 0 Å². The van der Waals surface area contributed by atoms with E-state index in [0.29, 0.717) is 17.8 Å². The Morgan fingerprint density at radius 3 is 2.58 bits per heavy atom. The number of likely N-dealkylation sites (tertiary alicyclic amines) is 1. The summed E-state index contributed by atoms with van der Waals surface area (Å²) in [5.74, 6) is -1.01. The maximum absolute atomic E-state index is 14.0. The van der Waals surface area contributed by atoms with Crippen molar-refractivity contribution in [3.8, 4) is 0 Å². The molecule has 2 aromatic carbocycles. The van der Waals surface area contributed by atoms with Crippen LogP contribution in [0.5, 0.6) is 0 Å². The van der Waals surface area contributed by atoms with E-state index in [1.165, 1.54) is 12.3 Å². The Bertz CT molecular complexity index is 1120. The molecule has 0 saturated carbocycles. The Hall–Kier alpha value is -3.98. The van der Waals surface area contributed by atoms with Gasteiger partial charge in [0.15, 0.2) is 11.6 Å². The molecule has 1 saturated heterocycles. The van der Waals surface area contributed by atoms with Crippen molar-refractivity contribution in [2.45, 2.75) is 25.5 Å². The summed E-state index contributed by atoms with van der Waals surface area (Å²) in [6.45, 7) is 0.221. The number of hydrogen-bond donors (Lipinski definition) is 4. The van der Waals surface area contributed by atoms with E-state index in [1.807, 2.05) is 35.2 Å². The van der Waals surface area contributed by atoms with Gasteiger partial charge in [0.25, 0.3) is 5.91 Å². The van der Waals surface area contributed by atoms with E-state index in [4.69, 9.17) is 5.11 Å². The van der Waals surface area contributed by atoms with Crippen molar-refractivity contribution in [3.63, 3.8) is 0 Å². The number of amides is 3. The van der Waals surface area contributed by atoms with E-state index in [2.05, 4.69) is 21.2 Å². The number of pyridine rings is 1. The fraction of sp³-hybridized carbons (Fsp3) is 0.208. The molecule has 1 aliphatic heterocycles. The van der Waals surface area contributed by atoms with Crippen LogP contribution in [0.1, 0.15) is 40.4 Å². The number of aromatic nitrogens is 1. The van der Waals surface area contributed by atoms with Gasteiger partial charge < -0.3 is 15.3 Å². The van der Waals surface area contributed by atoms with Crippen LogP contribution < -0.4 is 16.2 Å². The zero-order valence-electron chi connectivity index (χ0n) is 17.8. The smallest absolute Gasteiger partial charge is 0.337 e. The number of aliphatic hydroxyl groups excluding tert-OH is 1. The van der Waals surface area contributed by atoms with Gasteiger partial charge in [-0.3, -0.25) is 10.2 Å². The molecular weight excluding hydrogens is 425 g/mol. The maximum Gasteiger partial charge on any atom is 0.337 e. The summed E-state index contributed by atoms with van der Waals surface area (Å²) in [5.41, 5.74) is 6.84. The molecule has 4 N–H and O–H groups in total. The van der Waals surface area contributed by atoms with Gasteiger partial charge in [0.2, 0.25) is 0 Å². The molecule has 2 heterocycles. The lowest BCUT2D eigenvalue weighted by Gasteiger charge is -2.25. The SMILES string of the molecule is O=C(NNc1nccc(CO)c1F)Nc1ccc(C(=O)N2CCCC2c2ccccc2)cc1. The quantitative estimate of drug-likeness (QED) is 0.428. The first-order chi connectivity index (χ1) is 16.1. The van der Waals surface area contributed by atoms with E-state index >= 15 is 0 Å². The lowest BCUT2D eigenvalue weighted by atomic mass is 10.0. The molecule has 8 nitrogen and oxygen atoms in total. The van der Waals surface area contributed by atoms with Crippen LogP contribution in [0.3, 0.4) is 0 Å². The van der Waals surface area contributed by atoms with Crippen LogP contribution in [0.25, 0.3) is 0 Å². The number of carbonyl (C=O) groups is 2. The van der Waals surface area contributed by atoms with Gasteiger partial charge in [-0.05, 0) is 48.7 Å².